The number of anilines is 1. The molecule has 0 bridgehead atoms. The number of methoxy groups -OCH3 is 1. The van der Waals surface area contributed by atoms with Crippen molar-refractivity contribution in [2.45, 2.75) is 24.0 Å². The van der Waals surface area contributed by atoms with Gasteiger partial charge in [0.05, 0.1) is 7.11 Å². The Morgan fingerprint density at radius 1 is 1.08 bits per heavy atom. The summed E-state index contributed by atoms with van der Waals surface area (Å²) >= 11 is 3.11. The number of nitrogens with one attached hydrogen (secondary N) is 1. The van der Waals surface area contributed by atoms with Gasteiger partial charge in [-0.05, 0) is 30.3 Å². The molecule has 0 aliphatic carbocycles. The summed E-state index contributed by atoms with van der Waals surface area (Å²) in [4.78, 5) is 25.9. The summed E-state index contributed by atoms with van der Waals surface area (Å²) in [6.07, 6.45) is 0. The highest BCUT2D eigenvalue weighted by atomic mass is 32.2. The molecule has 0 radical (unpaired) electrons. The molecule has 0 spiro atoms. The molecular weight excluding hydrogens is 366 g/mol. The van der Waals surface area contributed by atoms with Crippen molar-refractivity contribution in [3.63, 3.8) is 0 Å². The third-order valence-electron chi connectivity index (χ3n) is 3.70. The first-order valence-corrected chi connectivity index (χ1v) is 9.87. The first-order chi connectivity index (χ1) is 12.5. The van der Waals surface area contributed by atoms with Crippen molar-refractivity contribution >= 4 is 50.1 Å². The van der Waals surface area contributed by atoms with Gasteiger partial charge in [0.1, 0.15) is 10.6 Å². The van der Waals surface area contributed by atoms with Crippen molar-refractivity contribution in [3.05, 3.63) is 59.7 Å². The Kier molecular flexibility index (Phi) is 5.64. The van der Waals surface area contributed by atoms with E-state index in [2.05, 4.69) is 19.2 Å². The number of esters is 1. The Labute approximate surface area is 160 Å². The van der Waals surface area contributed by atoms with Gasteiger partial charge in [0, 0.05) is 25.8 Å². The lowest BCUT2D eigenvalue weighted by atomic mass is 10.1. The lowest BCUT2D eigenvalue weighted by Crippen LogP contribution is -2.13. The number of rotatable bonds is 5. The highest BCUT2D eigenvalue weighted by Crippen LogP contribution is 2.36. The molecular formula is C20H19NO3S2. The van der Waals surface area contributed by atoms with E-state index >= 15 is 0 Å². The van der Waals surface area contributed by atoms with Crippen molar-refractivity contribution < 1.29 is 14.3 Å². The standard InChI is InChI=1S/C20H19NO3S2/c1-12(2)25-14-10-8-13(9-11-14)18(22)21-19-17(20(23)24-3)15-6-4-5-7-16(15)26-19/h4-12H,1-3H3,(H,21,22). The summed E-state index contributed by atoms with van der Waals surface area (Å²) in [7, 11) is 1.34. The molecule has 1 heterocycles. The molecule has 134 valence electrons. The van der Waals surface area contributed by atoms with E-state index in [0.717, 1.165) is 15.0 Å². The molecule has 0 unspecified atom stereocenters. The van der Waals surface area contributed by atoms with Gasteiger partial charge in [-0.1, -0.05) is 32.0 Å². The molecule has 0 aliphatic heterocycles. The molecule has 3 aromatic rings. The average Bonchev–Trinajstić information content (AvgIpc) is 2.99. The number of ether oxygens (including phenoxy) is 1. The van der Waals surface area contributed by atoms with Gasteiger partial charge in [0.15, 0.2) is 0 Å². The second-order valence-electron chi connectivity index (χ2n) is 5.94. The second kappa shape index (κ2) is 7.93. The van der Waals surface area contributed by atoms with E-state index in [1.165, 1.54) is 18.4 Å². The molecule has 6 heteroatoms. The van der Waals surface area contributed by atoms with Crippen LogP contribution in [0.2, 0.25) is 0 Å². The largest absolute Gasteiger partial charge is 0.465 e. The molecule has 0 aliphatic rings. The molecule has 3 rings (SSSR count). The summed E-state index contributed by atoms with van der Waals surface area (Å²) < 4.78 is 5.82. The molecule has 0 fully saturated rings. The summed E-state index contributed by atoms with van der Waals surface area (Å²) in [6.45, 7) is 4.25. The molecule has 0 atom stereocenters. The number of thioether (sulfide) groups is 1. The zero-order chi connectivity index (χ0) is 18.7. The minimum Gasteiger partial charge on any atom is -0.465 e. The Balaban J connectivity index is 1.88. The van der Waals surface area contributed by atoms with E-state index in [-0.39, 0.29) is 5.91 Å². The van der Waals surface area contributed by atoms with Gasteiger partial charge in [-0.3, -0.25) is 4.79 Å². The average molecular weight is 386 g/mol. The molecule has 26 heavy (non-hydrogen) atoms. The van der Waals surface area contributed by atoms with Crippen LogP contribution in [-0.4, -0.2) is 24.2 Å². The van der Waals surface area contributed by atoms with Crippen molar-refractivity contribution in [2.24, 2.45) is 0 Å². The van der Waals surface area contributed by atoms with E-state index in [4.69, 9.17) is 4.74 Å². The minimum absolute atomic E-state index is 0.247. The fraction of sp³-hybridized carbons (Fsp3) is 0.200. The molecule has 1 amide bonds. The van der Waals surface area contributed by atoms with Crippen molar-refractivity contribution in [1.82, 2.24) is 0 Å². The van der Waals surface area contributed by atoms with Gasteiger partial charge in [-0.2, -0.15) is 0 Å². The van der Waals surface area contributed by atoms with Gasteiger partial charge in [0.25, 0.3) is 5.91 Å². The van der Waals surface area contributed by atoms with E-state index in [0.29, 0.717) is 21.4 Å². The lowest BCUT2D eigenvalue weighted by Gasteiger charge is -2.08. The van der Waals surface area contributed by atoms with Crippen LogP contribution in [0.5, 0.6) is 0 Å². The van der Waals surface area contributed by atoms with Gasteiger partial charge in [-0.15, -0.1) is 23.1 Å². The topological polar surface area (TPSA) is 55.4 Å². The molecule has 0 saturated carbocycles. The van der Waals surface area contributed by atoms with Gasteiger partial charge in [0.2, 0.25) is 0 Å². The first-order valence-electron chi connectivity index (χ1n) is 8.17. The van der Waals surface area contributed by atoms with Crippen molar-refractivity contribution in [3.8, 4) is 0 Å². The van der Waals surface area contributed by atoms with Gasteiger partial charge >= 0.3 is 5.97 Å². The van der Waals surface area contributed by atoms with Crippen molar-refractivity contribution in [2.75, 3.05) is 12.4 Å². The summed E-state index contributed by atoms with van der Waals surface area (Å²) in [5.41, 5.74) is 0.944. The Morgan fingerprint density at radius 2 is 1.77 bits per heavy atom. The zero-order valence-corrected chi connectivity index (χ0v) is 16.4. The van der Waals surface area contributed by atoms with Crippen LogP contribution in [0.15, 0.2) is 53.4 Å². The molecule has 0 saturated heterocycles. The van der Waals surface area contributed by atoms with E-state index in [1.807, 2.05) is 36.4 Å². The fourth-order valence-corrected chi connectivity index (χ4v) is 4.49. The van der Waals surface area contributed by atoms with Crippen LogP contribution in [0.25, 0.3) is 10.1 Å². The number of hydrogen-bond donors (Lipinski definition) is 1. The maximum absolute atomic E-state index is 12.6. The number of thiophene rings is 1. The number of fused-ring (bicyclic) bond motifs is 1. The predicted octanol–water partition coefficient (Wildman–Crippen LogP) is 5.44. The molecule has 1 aromatic heterocycles. The summed E-state index contributed by atoms with van der Waals surface area (Å²) in [5, 5.41) is 4.63. The Morgan fingerprint density at radius 3 is 2.42 bits per heavy atom. The predicted molar refractivity (Wildman–Crippen MR) is 109 cm³/mol. The van der Waals surface area contributed by atoms with Crippen LogP contribution in [-0.2, 0) is 4.74 Å². The van der Waals surface area contributed by atoms with E-state index in [1.54, 1.807) is 23.9 Å². The quantitative estimate of drug-likeness (QED) is 0.469. The number of hydrogen-bond acceptors (Lipinski definition) is 5. The lowest BCUT2D eigenvalue weighted by molar-refractivity contribution is 0.0604. The first kappa shape index (κ1) is 18.5. The molecule has 1 N–H and O–H groups in total. The van der Waals surface area contributed by atoms with Gasteiger partial charge < -0.3 is 10.1 Å². The van der Waals surface area contributed by atoms with Gasteiger partial charge in [-0.25, -0.2) is 4.79 Å². The SMILES string of the molecule is COC(=O)c1c(NC(=O)c2ccc(SC(C)C)cc2)sc2ccccc12. The van der Waals surface area contributed by atoms with E-state index in [9.17, 15) is 9.59 Å². The molecule has 4 nitrogen and oxygen atoms in total. The third-order valence-corrected chi connectivity index (χ3v) is 5.80. The fourth-order valence-electron chi connectivity index (χ4n) is 2.57. The highest BCUT2D eigenvalue weighted by Gasteiger charge is 2.21. The second-order valence-corrected chi connectivity index (χ2v) is 8.64. The Hall–Kier alpha value is -2.31. The van der Waals surface area contributed by atoms with Crippen LogP contribution in [0.4, 0.5) is 5.00 Å². The maximum atomic E-state index is 12.6. The number of carbonyl (C=O) groups excluding carboxylic acids is 2. The number of carbonyl (C=O) groups is 2. The van der Waals surface area contributed by atoms with Crippen LogP contribution >= 0.6 is 23.1 Å². The third kappa shape index (κ3) is 3.92. The molecule has 2 aromatic carbocycles. The normalized spacial score (nSPS) is 10.9. The minimum atomic E-state index is -0.457. The van der Waals surface area contributed by atoms with Crippen LogP contribution in [0.3, 0.4) is 0 Å². The maximum Gasteiger partial charge on any atom is 0.341 e. The summed E-state index contributed by atoms with van der Waals surface area (Å²) in [6, 6.07) is 15.0. The zero-order valence-electron chi connectivity index (χ0n) is 14.7. The Bertz CT molecular complexity index is 945. The van der Waals surface area contributed by atoms with Crippen LogP contribution in [0.1, 0.15) is 34.6 Å². The van der Waals surface area contributed by atoms with E-state index < -0.39 is 5.97 Å². The smallest absolute Gasteiger partial charge is 0.341 e. The highest BCUT2D eigenvalue weighted by molar-refractivity contribution is 7.99. The number of benzene rings is 2. The number of amides is 1. The van der Waals surface area contributed by atoms with Crippen LogP contribution in [0, 0.1) is 0 Å². The van der Waals surface area contributed by atoms with Crippen molar-refractivity contribution in [1.29, 1.82) is 0 Å². The summed E-state index contributed by atoms with van der Waals surface area (Å²) in [5.74, 6) is -0.704. The monoisotopic (exact) mass is 385 g/mol. The van der Waals surface area contributed by atoms with Crippen LogP contribution < -0.4 is 5.32 Å².